The monoisotopic (exact) mass is 269 g/mol. The number of nitrogens with zero attached hydrogens (tertiary/aromatic N) is 1. The van der Waals surface area contributed by atoms with Crippen molar-refractivity contribution < 1.29 is 19.4 Å². The topological polar surface area (TPSA) is 66.8 Å². The Labute approximate surface area is 113 Å². The van der Waals surface area contributed by atoms with E-state index in [0.29, 0.717) is 19.6 Å². The molecular weight excluding hydrogens is 246 g/mol. The second-order valence-electron chi connectivity index (χ2n) is 5.64. The van der Waals surface area contributed by atoms with Gasteiger partial charge in [0.05, 0.1) is 5.92 Å². The molecule has 1 N–H and O–H groups in total. The highest BCUT2D eigenvalue weighted by atomic mass is 16.5. The summed E-state index contributed by atoms with van der Waals surface area (Å²) in [4.78, 5) is 24.8. The maximum Gasteiger partial charge on any atom is 0.307 e. The Morgan fingerprint density at radius 2 is 2.05 bits per heavy atom. The normalized spacial score (nSPS) is 24.5. The molecule has 1 spiro atoms. The first kappa shape index (κ1) is 14.3. The molecular formula is C14H23NO4. The van der Waals surface area contributed by atoms with Gasteiger partial charge in [0.1, 0.15) is 0 Å². The smallest absolute Gasteiger partial charge is 0.307 e. The Hall–Kier alpha value is -1.10. The molecule has 19 heavy (non-hydrogen) atoms. The van der Waals surface area contributed by atoms with Crippen LogP contribution in [0, 0.1) is 11.3 Å². The summed E-state index contributed by atoms with van der Waals surface area (Å²) in [5.74, 6) is -0.652. The average molecular weight is 269 g/mol. The molecule has 0 aromatic rings. The van der Waals surface area contributed by atoms with E-state index in [1.165, 1.54) is 0 Å². The Bertz CT molecular complexity index is 347. The van der Waals surface area contributed by atoms with Crippen LogP contribution in [0.3, 0.4) is 0 Å². The number of rotatable bonds is 6. The van der Waals surface area contributed by atoms with Gasteiger partial charge >= 0.3 is 5.97 Å². The predicted molar refractivity (Wildman–Crippen MR) is 69.7 cm³/mol. The van der Waals surface area contributed by atoms with Crippen molar-refractivity contribution in [3.05, 3.63) is 0 Å². The number of amides is 1. The minimum absolute atomic E-state index is 0.00787. The predicted octanol–water partition coefficient (Wildman–Crippen LogP) is 1.52. The molecule has 1 unspecified atom stereocenters. The van der Waals surface area contributed by atoms with Crippen molar-refractivity contribution >= 4 is 11.9 Å². The lowest BCUT2D eigenvalue weighted by molar-refractivity contribution is -0.139. The standard InChI is InChI=1S/C14H23NO4/c1-2-19-9-3-4-12(16)15-7-5-14(6-8-15)10-11(14)13(17)18/h11H,2-10H2,1H3,(H,17,18). The number of carbonyl (C=O) groups excluding carboxylic acids is 1. The fourth-order valence-electron chi connectivity index (χ4n) is 3.08. The third-order valence-corrected chi connectivity index (χ3v) is 4.48. The maximum atomic E-state index is 12.0. The average Bonchev–Trinajstić information content (AvgIpc) is 3.10. The van der Waals surface area contributed by atoms with E-state index < -0.39 is 5.97 Å². The molecule has 0 bridgehead atoms. The fourth-order valence-corrected chi connectivity index (χ4v) is 3.08. The third kappa shape index (κ3) is 3.26. The molecule has 1 heterocycles. The minimum Gasteiger partial charge on any atom is -0.481 e. The summed E-state index contributed by atoms with van der Waals surface area (Å²) in [5.41, 5.74) is 0.00787. The summed E-state index contributed by atoms with van der Waals surface area (Å²) >= 11 is 0. The van der Waals surface area contributed by atoms with Crippen LogP contribution in [0.25, 0.3) is 0 Å². The zero-order valence-corrected chi connectivity index (χ0v) is 11.6. The summed E-state index contributed by atoms with van der Waals surface area (Å²) in [5, 5.41) is 9.02. The van der Waals surface area contributed by atoms with Crippen LogP contribution in [0.2, 0.25) is 0 Å². The Balaban J connectivity index is 1.69. The summed E-state index contributed by atoms with van der Waals surface area (Å²) in [7, 11) is 0. The van der Waals surface area contributed by atoms with Gasteiger partial charge in [0, 0.05) is 32.7 Å². The summed E-state index contributed by atoms with van der Waals surface area (Å²) in [6.45, 7) is 4.72. The number of hydrogen-bond donors (Lipinski definition) is 1. The van der Waals surface area contributed by atoms with E-state index in [2.05, 4.69) is 0 Å². The third-order valence-electron chi connectivity index (χ3n) is 4.48. The van der Waals surface area contributed by atoms with Crippen LogP contribution in [0.1, 0.15) is 39.0 Å². The van der Waals surface area contributed by atoms with Gasteiger partial charge in [0.25, 0.3) is 0 Å². The van der Waals surface area contributed by atoms with Crippen molar-refractivity contribution in [2.45, 2.75) is 39.0 Å². The van der Waals surface area contributed by atoms with Gasteiger partial charge in [-0.05, 0) is 38.0 Å². The molecule has 2 rings (SSSR count). The molecule has 5 heteroatoms. The van der Waals surface area contributed by atoms with Crippen molar-refractivity contribution in [2.24, 2.45) is 11.3 Å². The van der Waals surface area contributed by atoms with Gasteiger partial charge in [-0.25, -0.2) is 0 Å². The molecule has 1 aliphatic carbocycles. The zero-order chi connectivity index (χ0) is 13.9. The van der Waals surface area contributed by atoms with Crippen LogP contribution < -0.4 is 0 Å². The summed E-state index contributed by atoms with van der Waals surface area (Å²) in [6.07, 6.45) is 3.80. The van der Waals surface area contributed by atoms with Gasteiger partial charge in [-0.15, -0.1) is 0 Å². The van der Waals surface area contributed by atoms with Gasteiger partial charge < -0.3 is 14.7 Å². The SMILES string of the molecule is CCOCCCC(=O)N1CCC2(CC1)CC2C(=O)O. The molecule has 0 radical (unpaired) electrons. The highest BCUT2D eigenvalue weighted by Gasteiger charge is 2.59. The van der Waals surface area contributed by atoms with E-state index in [0.717, 1.165) is 38.8 Å². The molecule has 1 saturated heterocycles. The van der Waals surface area contributed by atoms with Crippen molar-refractivity contribution in [1.29, 1.82) is 0 Å². The molecule has 0 aromatic carbocycles. The van der Waals surface area contributed by atoms with E-state index in [-0.39, 0.29) is 17.2 Å². The number of likely N-dealkylation sites (tertiary alicyclic amines) is 1. The number of aliphatic carboxylic acids is 1. The quantitative estimate of drug-likeness (QED) is 0.742. The number of carboxylic acids is 1. The first-order valence-corrected chi connectivity index (χ1v) is 7.17. The number of carbonyl (C=O) groups is 2. The van der Waals surface area contributed by atoms with Crippen molar-refractivity contribution in [1.82, 2.24) is 4.90 Å². The van der Waals surface area contributed by atoms with Crippen molar-refractivity contribution in [3.8, 4) is 0 Å². The summed E-state index contributed by atoms with van der Waals surface area (Å²) < 4.78 is 5.22. The number of piperidine rings is 1. The van der Waals surface area contributed by atoms with Crippen LogP contribution in [-0.4, -0.2) is 48.2 Å². The van der Waals surface area contributed by atoms with Gasteiger partial charge in [-0.2, -0.15) is 0 Å². The van der Waals surface area contributed by atoms with Gasteiger partial charge in [0.2, 0.25) is 5.91 Å². The highest BCUT2D eigenvalue weighted by Crippen LogP contribution is 2.59. The number of hydrogen-bond acceptors (Lipinski definition) is 3. The molecule has 0 aromatic heterocycles. The molecule has 2 aliphatic rings. The van der Waals surface area contributed by atoms with E-state index in [1.807, 2.05) is 11.8 Å². The second kappa shape index (κ2) is 5.90. The van der Waals surface area contributed by atoms with Crippen molar-refractivity contribution in [3.63, 3.8) is 0 Å². The van der Waals surface area contributed by atoms with E-state index >= 15 is 0 Å². The molecule has 108 valence electrons. The van der Waals surface area contributed by atoms with E-state index in [4.69, 9.17) is 9.84 Å². The maximum absolute atomic E-state index is 12.0. The molecule has 1 atom stereocenters. The van der Waals surface area contributed by atoms with E-state index in [1.54, 1.807) is 0 Å². The van der Waals surface area contributed by atoms with Crippen LogP contribution in [-0.2, 0) is 14.3 Å². The Kier molecular flexibility index (Phi) is 4.45. The van der Waals surface area contributed by atoms with Gasteiger partial charge in [-0.3, -0.25) is 9.59 Å². The van der Waals surface area contributed by atoms with Crippen LogP contribution in [0.5, 0.6) is 0 Å². The lowest BCUT2D eigenvalue weighted by Gasteiger charge is -2.32. The molecule has 1 saturated carbocycles. The van der Waals surface area contributed by atoms with Gasteiger partial charge in [0.15, 0.2) is 0 Å². The highest BCUT2D eigenvalue weighted by molar-refractivity contribution is 5.77. The lowest BCUT2D eigenvalue weighted by Crippen LogP contribution is -2.40. The van der Waals surface area contributed by atoms with Crippen molar-refractivity contribution in [2.75, 3.05) is 26.3 Å². The molecule has 1 amide bonds. The zero-order valence-electron chi connectivity index (χ0n) is 11.6. The minimum atomic E-state index is -0.670. The summed E-state index contributed by atoms with van der Waals surface area (Å²) in [6, 6.07) is 0. The number of carboxylic acid groups (broad SMARTS) is 1. The second-order valence-corrected chi connectivity index (χ2v) is 5.64. The fraction of sp³-hybridized carbons (Fsp3) is 0.857. The Morgan fingerprint density at radius 3 is 2.58 bits per heavy atom. The van der Waals surface area contributed by atoms with Crippen LogP contribution in [0.4, 0.5) is 0 Å². The Morgan fingerprint density at radius 1 is 1.37 bits per heavy atom. The first-order valence-electron chi connectivity index (χ1n) is 7.17. The molecule has 1 aliphatic heterocycles. The largest absolute Gasteiger partial charge is 0.481 e. The molecule has 2 fully saturated rings. The van der Waals surface area contributed by atoms with Crippen LogP contribution in [0.15, 0.2) is 0 Å². The lowest BCUT2D eigenvalue weighted by atomic mass is 9.90. The molecule has 5 nitrogen and oxygen atoms in total. The first-order chi connectivity index (χ1) is 9.09. The number of ether oxygens (including phenoxy) is 1. The van der Waals surface area contributed by atoms with Gasteiger partial charge in [-0.1, -0.05) is 0 Å². The van der Waals surface area contributed by atoms with E-state index in [9.17, 15) is 9.59 Å². The van der Waals surface area contributed by atoms with Crippen LogP contribution >= 0.6 is 0 Å².